The molecule has 3 saturated carbocycles. The Labute approximate surface area is 200 Å². The maximum absolute atomic E-state index is 14.9. The zero-order valence-electron chi connectivity index (χ0n) is 20.8. The van der Waals surface area contributed by atoms with Gasteiger partial charge in [-0.3, -0.25) is 0 Å². The lowest BCUT2D eigenvalue weighted by molar-refractivity contribution is 0.112. The molecule has 3 fully saturated rings. The molecule has 1 N–H and O–H groups in total. The van der Waals surface area contributed by atoms with E-state index in [4.69, 9.17) is 0 Å². The lowest BCUT2D eigenvalue weighted by Crippen LogP contribution is -2.35. The van der Waals surface area contributed by atoms with E-state index in [-0.39, 0.29) is 6.10 Å². The number of fused-ring (bicyclic) bond motifs is 1. The summed E-state index contributed by atoms with van der Waals surface area (Å²) in [6, 6.07) is 0. The Hall–Kier alpha value is -0.800. The van der Waals surface area contributed by atoms with Crippen molar-refractivity contribution < 1.29 is 9.50 Å². The first-order valence-electron chi connectivity index (χ1n) is 12.9. The molecule has 0 aromatic carbocycles. The minimum atomic E-state index is -1.26. The maximum atomic E-state index is 14.9. The average molecular weight is 461 g/mol. The molecule has 0 spiro atoms. The number of unbranched alkanes of at least 4 members (excludes halogenated alkanes) is 1. The molecule has 1 nitrogen and oxygen atoms in total. The van der Waals surface area contributed by atoms with Crippen LogP contribution in [-0.2, 0) is 0 Å². The van der Waals surface area contributed by atoms with Gasteiger partial charge in [0.1, 0.15) is 0 Å². The van der Waals surface area contributed by atoms with Crippen LogP contribution in [-0.4, -0.2) is 22.0 Å². The summed E-state index contributed by atoms with van der Waals surface area (Å²) in [6.45, 7) is 12.9. The SMILES string of the molecule is C=C1CCC(O)C/C1=C/C=C1\CCCC2(C)C1CCC2C(C)/C=C/C(C)(F)SCCCC. The molecule has 0 radical (unpaired) electrons. The molecule has 32 heavy (non-hydrogen) atoms. The smallest absolute Gasteiger partial charge is 0.171 e. The average Bonchev–Trinajstić information content (AvgIpc) is 3.10. The van der Waals surface area contributed by atoms with Gasteiger partial charge in [0.15, 0.2) is 5.00 Å². The first-order valence-corrected chi connectivity index (χ1v) is 13.9. The molecule has 180 valence electrons. The van der Waals surface area contributed by atoms with Crippen LogP contribution >= 0.6 is 11.8 Å². The molecule has 3 heteroatoms. The largest absolute Gasteiger partial charge is 0.393 e. The molecule has 6 unspecified atom stereocenters. The number of allylic oxidation sites excluding steroid dienone is 5. The van der Waals surface area contributed by atoms with Crippen LogP contribution in [0.3, 0.4) is 0 Å². The summed E-state index contributed by atoms with van der Waals surface area (Å²) >= 11 is 1.44. The monoisotopic (exact) mass is 460 g/mol. The third-order valence-corrected chi connectivity index (χ3v) is 9.63. The van der Waals surface area contributed by atoms with E-state index in [1.807, 2.05) is 6.08 Å². The highest BCUT2D eigenvalue weighted by molar-refractivity contribution is 8.00. The van der Waals surface area contributed by atoms with Gasteiger partial charge >= 0.3 is 0 Å². The van der Waals surface area contributed by atoms with Gasteiger partial charge in [-0.2, -0.15) is 0 Å². The molecule has 3 rings (SSSR count). The molecule has 0 saturated heterocycles. The predicted octanol–water partition coefficient (Wildman–Crippen LogP) is 8.57. The fraction of sp³-hybridized carbons (Fsp3) is 0.724. The van der Waals surface area contributed by atoms with Gasteiger partial charge in [0.25, 0.3) is 0 Å². The molecule has 0 amide bonds. The number of hydrogen-bond acceptors (Lipinski definition) is 2. The van der Waals surface area contributed by atoms with E-state index in [0.29, 0.717) is 23.2 Å². The van der Waals surface area contributed by atoms with Crippen LogP contribution in [0, 0.1) is 23.2 Å². The summed E-state index contributed by atoms with van der Waals surface area (Å²) in [5.41, 5.74) is 4.32. The Morgan fingerprint density at radius 3 is 2.81 bits per heavy atom. The lowest BCUT2D eigenvalue weighted by atomic mass is 9.61. The summed E-state index contributed by atoms with van der Waals surface area (Å²) in [6.07, 6.45) is 19.3. The van der Waals surface area contributed by atoms with Gasteiger partial charge in [-0.1, -0.05) is 63.1 Å². The number of halogens is 1. The summed E-state index contributed by atoms with van der Waals surface area (Å²) in [5.74, 6) is 2.53. The van der Waals surface area contributed by atoms with Crippen molar-refractivity contribution in [1.82, 2.24) is 0 Å². The zero-order valence-corrected chi connectivity index (χ0v) is 21.7. The summed E-state index contributed by atoms with van der Waals surface area (Å²) < 4.78 is 14.9. The van der Waals surface area contributed by atoms with Gasteiger partial charge in [-0.15, -0.1) is 11.8 Å². The summed E-state index contributed by atoms with van der Waals surface area (Å²) in [5, 5.41) is 8.79. The van der Waals surface area contributed by atoms with Crippen molar-refractivity contribution in [2.75, 3.05) is 5.75 Å². The van der Waals surface area contributed by atoms with Crippen molar-refractivity contribution in [2.24, 2.45) is 23.2 Å². The Morgan fingerprint density at radius 2 is 2.06 bits per heavy atom. The molecule has 0 aliphatic heterocycles. The van der Waals surface area contributed by atoms with Crippen LogP contribution < -0.4 is 0 Å². The van der Waals surface area contributed by atoms with E-state index in [1.165, 1.54) is 55.0 Å². The number of thioether (sulfide) groups is 1. The third kappa shape index (κ3) is 6.20. The molecule has 3 aliphatic rings. The first kappa shape index (κ1) is 25.8. The normalized spacial score (nSPS) is 36.6. The lowest BCUT2D eigenvalue weighted by Gasteiger charge is -2.44. The minimum absolute atomic E-state index is 0.216. The second-order valence-corrected chi connectivity index (χ2v) is 12.4. The van der Waals surface area contributed by atoms with E-state index < -0.39 is 5.00 Å². The van der Waals surface area contributed by atoms with Gasteiger partial charge in [0, 0.05) is 0 Å². The van der Waals surface area contributed by atoms with Crippen molar-refractivity contribution in [1.29, 1.82) is 0 Å². The van der Waals surface area contributed by atoms with Gasteiger partial charge in [-0.25, -0.2) is 4.39 Å². The fourth-order valence-corrected chi connectivity index (χ4v) is 7.47. The molecule has 0 aromatic heterocycles. The van der Waals surface area contributed by atoms with Gasteiger partial charge < -0.3 is 5.11 Å². The zero-order chi connectivity index (χ0) is 23.4. The van der Waals surface area contributed by atoms with Crippen molar-refractivity contribution in [3.8, 4) is 0 Å². The van der Waals surface area contributed by atoms with Crippen molar-refractivity contribution in [2.45, 2.75) is 103 Å². The van der Waals surface area contributed by atoms with Crippen LogP contribution in [0.25, 0.3) is 0 Å². The third-order valence-electron chi connectivity index (χ3n) is 8.44. The second kappa shape index (κ2) is 11.1. The van der Waals surface area contributed by atoms with Crippen LogP contribution in [0.5, 0.6) is 0 Å². The quantitative estimate of drug-likeness (QED) is 0.289. The number of hydrogen-bond donors (Lipinski definition) is 1. The van der Waals surface area contributed by atoms with Crippen LogP contribution in [0.1, 0.15) is 91.9 Å². The molecule has 0 heterocycles. The second-order valence-electron chi connectivity index (χ2n) is 10.9. The highest BCUT2D eigenvalue weighted by Gasteiger charge is 2.50. The molecular weight excluding hydrogens is 415 g/mol. The maximum Gasteiger partial charge on any atom is 0.171 e. The molecule has 6 atom stereocenters. The Bertz CT molecular complexity index is 748. The van der Waals surface area contributed by atoms with Crippen molar-refractivity contribution in [3.63, 3.8) is 0 Å². The van der Waals surface area contributed by atoms with Crippen molar-refractivity contribution in [3.05, 3.63) is 47.6 Å². The number of alkyl halides is 1. The first-order chi connectivity index (χ1) is 15.2. The number of aliphatic hydroxyl groups excluding tert-OH is 1. The minimum Gasteiger partial charge on any atom is -0.393 e. The highest BCUT2D eigenvalue weighted by Crippen LogP contribution is 2.59. The molecule has 0 bridgehead atoms. The highest BCUT2D eigenvalue weighted by atomic mass is 32.2. The van der Waals surface area contributed by atoms with E-state index in [2.05, 4.69) is 45.6 Å². The van der Waals surface area contributed by atoms with E-state index in [1.54, 1.807) is 12.5 Å². The predicted molar refractivity (Wildman–Crippen MR) is 139 cm³/mol. The Morgan fingerprint density at radius 1 is 1.28 bits per heavy atom. The van der Waals surface area contributed by atoms with E-state index >= 15 is 0 Å². The van der Waals surface area contributed by atoms with Gasteiger partial charge in [-0.05, 0) is 105 Å². The standard InChI is InChI=1S/C29H45FOS/c1-6-7-19-32-29(5,30)18-16-22(3)26-14-15-27-23(9-8-17-28(26,27)4)11-12-24-20-25(31)13-10-21(24)2/h11-12,16,18,22,25-27,31H,2,6-10,13-15,17,19-20H2,1,3-5H3/b18-16+,23-11+,24-12-. The Kier molecular flexibility index (Phi) is 8.94. The summed E-state index contributed by atoms with van der Waals surface area (Å²) in [4.78, 5) is 0. The number of rotatable bonds is 8. The summed E-state index contributed by atoms with van der Waals surface area (Å²) in [7, 11) is 0. The van der Waals surface area contributed by atoms with Gasteiger partial charge in [0.05, 0.1) is 6.10 Å². The van der Waals surface area contributed by atoms with Crippen molar-refractivity contribution >= 4 is 11.8 Å². The van der Waals surface area contributed by atoms with E-state index in [9.17, 15) is 9.50 Å². The van der Waals surface area contributed by atoms with E-state index in [0.717, 1.165) is 37.9 Å². The topological polar surface area (TPSA) is 20.2 Å². The van der Waals surface area contributed by atoms with Crippen LogP contribution in [0.15, 0.2) is 47.6 Å². The Balaban J connectivity index is 1.70. The molecular formula is C29H45FOS. The van der Waals surface area contributed by atoms with Gasteiger partial charge in [0.2, 0.25) is 0 Å². The van der Waals surface area contributed by atoms with Crippen LogP contribution in [0.2, 0.25) is 0 Å². The number of aliphatic hydroxyl groups is 1. The molecule has 3 aliphatic carbocycles. The fourth-order valence-electron chi connectivity index (χ4n) is 6.46. The molecule has 0 aromatic rings. The van der Waals surface area contributed by atoms with Crippen LogP contribution in [0.4, 0.5) is 4.39 Å².